The Hall–Kier alpha value is -7.56. The van der Waals surface area contributed by atoms with Gasteiger partial charge in [0.05, 0.1) is 22.4 Å². The van der Waals surface area contributed by atoms with Gasteiger partial charge >= 0.3 is 0 Å². The first-order valence-electron chi connectivity index (χ1n) is 20.0. The molecule has 0 radical (unpaired) electrons. The lowest BCUT2D eigenvalue weighted by Crippen LogP contribution is -2.18. The molecule has 276 valence electrons. The van der Waals surface area contributed by atoms with E-state index in [1.807, 2.05) is 24.3 Å². The maximum absolute atomic E-state index is 6.31. The van der Waals surface area contributed by atoms with Crippen LogP contribution in [-0.2, 0) is 0 Å². The van der Waals surface area contributed by atoms with Gasteiger partial charge in [0.25, 0.3) is 0 Å². The van der Waals surface area contributed by atoms with Gasteiger partial charge in [-0.3, -0.25) is 0 Å². The van der Waals surface area contributed by atoms with Gasteiger partial charge in [-0.25, -0.2) is 0 Å². The van der Waals surface area contributed by atoms with E-state index in [1.165, 1.54) is 44.2 Å². The fraction of sp³-hybridized carbons (Fsp3) is 0.0370. The van der Waals surface area contributed by atoms with Crippen LogP contribution in [0.15, 0.2) is 218 Å². The van der Waals surface area contributed by atoms with Gasteiger partial charge in [0, 0.05) is 39.2 Å². The number of benzene rings is 8. The summed E-state index contributed by atoms with van der Waals surface area (Å²) in [5.74, 6) is 1.69. The number of aromatic nitrogens is 1. The largest absolute Gasteiger partial charge is 0.453 e. The van der Waals surface area contributed by atoms with Crippen LogP contribution in [0.4, 0.5) is 28.4 Å². The smallest absolute Gasteiger partial charge is 0.151 e. The van der Waals surface area contributed by atoms with Crippen LogP contribution in [0, 0.1) is 0 Å². The van der Waals surface area contributed by atoms with Crippen LogP contribution in [0.25, 0.3) is 44.2 Å². The van der Waals surface area contributed by atoms with Crippen LogP contribution in [-0.4, -0.2) is 4.57 Å². The average molecular weight is 746 g/mol. The number of hydrogen-bond acceptors (Lipinski definition) is 3. The Kier molecular flexibility index (Phi) is 8.25. The maximum atomic E-state index is 6.31. The van der Waals surface area contributed by atoms with Gasteiger partial charge in [0.15, 0.2) is 11.5 Å². The molecule has 0 fully saturated rings. The zero-order valence-electron chi connectivity index (χ0n) is 31.9. The van der Waals surface area contributed by atoms with Crippen molar-refractivity contribution in [2.45, 2.75) is 12.8 Å². The first kappa shape index (κ1) is 33.8. The molecule has 0 spiro atoms. The number of fused-ring (bicyclic) bond motifs is 5. The molecule has 9 aromatic rings. The topological polar surface area (TPSA) is 20.6 Å². The maximum Gasteiger partial charge on any atom is 0.151 e. The number of nitrogens with zero attached hydrogens (tertiary/aromatic N) is 3. The lowest BCUT2D eigenvalue weighted by molar-refractivity contribution is 0.477. The van der Waals surface area contributed by atoms with Gasteiger partial charge < -0.3 is 19.1 Å². The van der Waals surface area contributed by atoms with Crippen molar-refractivity contribution in [2.24, 2.45) is 0 Å². The van der Waals surface area contributed by atoms with Crippen LogP contribution in [0.5, 0.6) is 11.5 Å². The van der Waals surface area contributed by atoms with Crippen LogP contribution >= 0.6 is 0 Å². The number of para-hydroxylation sites is 5. The molecule has 0 amide bonds. The summed E-state index contributed by atoms with van der Waals surface area (Å²) in [6.07, 6.45) is 6.53. The summed E-state index contributed by atoms with van der Waals surface area (Å²) in [4.78, 5) is 4.74. The first-order chi connectivity index (χ1) is 28.8. The van der Waals surface area contributed by atoms with Crippen LogP contribution in [0.3, 0.4) is 0 Å². The molecule has 2 aliphatic rings. The van der Waals surface area contributed by atoms with E-state index < -0.39 is 0 Å². The third kappa shape index (κ3) is 5.86. The molecule has 1 aromatic heterocycles. The third-order valence-electron chi connectivity index (χ3n) is 11.5. The Morgan fingerprint density at radius 2 is 0.983 bits per heavy atom. The zero-order valence-corrected chi connectivity index (χ0v) is 31.9. The van der Waals surface area contributed by atoms with E-state index >= 15 is 0 Å². The van der Waals surface area contributed by atoms with E-state index in [1.54, 1.807) is 0 Å². The Bertz CT molecular complexity index is 2970. The number of hydrogen-bond donors (Lipinski definition) is 0. The quantitative estimate of drug-likeness (QED) is 0.162. The second-order valence-electron chi connectivity index (χ2n) is 14.9. The number of allylic oxidation sites excluding steroid dienone is 4. The summed E-state index contributed by atoms with van der Waals surface area (Å²) in [5, 5.41) is 2.46. The highest BCUT2D eigenvalue weighted by Gasteiger charge is 2.26. The van der Waals surface area contributed by atoms with Gasteiger partial charge in [-0.05, 0) is 120 Å². The minimum Gasteiger partial charge on any atom is -0.453 e. The van der Waals surface area contributed by atoms with Gasteiger partial charge in [-0.2, -0.15) is 0 Å². The fourth-order valence-corrected chi connectivity index (χ4v) is 8.73. The van der Waals surface area contributed by atoms with Gasteiger partial charge in [-0.15, -0.1) is 0 Å². The molecule has 1 aliphatic carbocycles. The van der Waals surface area contributed by atoms with Crippen LogP contribution in [0.1, 0.15) is 18.4 Å². The molecule has 2 heterocycles. The molecule has 0 N–H and O–H groups in total. The van der Waals surface area contributed by atoms with Crippen molar-refractivity contribution in [2.75, 3.05) is 9.80 Å². The Labute approximate surface area is 338 Å². The SMILES string of the molecule is C1=C(c2ccccc2)CCC(N(c2ccc(-c3ccccc3)cc2)c2ccc3c4ccccc4n(-c4ccc(N5c6ccccc6Oc6ccccc65)cc4)c3c2)=C1. The molecule has 11 rings (SSSR count). The van der Waals surface area contributed by atoms with Crippen molar-refractivity contribution in [1.82, 2.24) is 4.57 Å². The molecule has 0 unspecified atom stereocenters. The lowest BCUT2D eigenvalue weighted by Gasteiger charge is -2.32. The predicted molar refractivity (Wildman–Crippen MR) is 241 cm³/mol. The molecule has 58 heavy (non-hydrogen) atoms. The molecule has 0 atom stereocenters. The van der Waals surface area contributed by atoms with Gasteiger partial charge in [0.1, 0.15) is 0 Å². The van der Waals surface area contributed by atoms with Crippen molar-refractivity contribution in [1.29, 1.82) is 0 Å². The second kappa shape index (κ2) is 14.2. The molecular formula is C54H39N3O. The van der Waals surface area contributed by atoms with E-state index in [-0.39, 0.29) is 0 Å². The van der Waals surface area contributed by atoms with E-state index in [0.29, 0.717) is 0 Å². The van der Waals surface area contributed by atoms with E-state index in [9.17, 15) is 0 Å². The summed E-state index contributed by atoms with van der Waals surface area (Å²) in [7, 11) is 0. The minimum atomic E-state index is 0.847. The number of rotatable bonds is 7. The summed E-state index contributed by atoms with van der Waals surface area (Å²) in [6, 6.07) is 71.5. The molecule has 0 saturated heterocycles. The fourth-order valence-electron chi connectivity index (χ4n) is 8.73. The summed E-state index contributed by atoms with van der Waals surface area (Å²) in [6.45, 7) is 0. The van der Waals surface area contributed by atoms with Crippen molar-refractivity contribution < 1.29 is 4.74 Å². The second-order valence-corrected chi connectivity index (χ2v) is 14.9. The Balaban J connectivity index is 1.04. The summed E-state index contributed by atoms with van der Waals surface area (Å²) in [5.41, 5.74) is 15.2. The molecule has 1 aliphatic heterocycles. The highest BCUT2D eigenvalue weighted by Crippen LogP contribution is 2.50. The van der Waals surface area contributed by atoms with Crippen LogP contribution < -0.4 is 14.5 Å². The molecule has 4 nitrogen and oxygen atoms in total. The minimum absolute atomic E-state index is 0.847. The molecule has 0 bridgehead atoms. The van der Waals surface area contributed by atoms with Crippen molar-refractivity contribution >= 4 is 55.8 Å². The van der Waals surface area contributed by atoms with Crippen molar-refractivity contribution in [3.05, 3.63) is 224 Å². The van der Waals surface area contributed by atoms with Gasteiger partial charge in [0.2, 0.25) is 0 Å². The first-order valence-corrected chi connectivity index (χ1v) is 20.0. The highest BCUT2D eigenvalue weighted by molar-refractivity contribution is 6.10. The van der Waals surface area contributed by atoms with Crippen molar-refractivity contribution in [3.8, 4) is 28.3 Å². The number of ether oxygens (including phenoxy) is 1. The van der Waals surface area contributed by atoms with Crippen molar-refractivity contribution in [3.63, 3.8) is 0 Å². The molecule has 8 aromatic carbocycles. The highest BCUT2D eigenvalue weighted by atomic mass is 16.5. The molecule has 0 saturated carbocycles. The third-order valence-corrected chi connectivity index (χ3v) is 11.5. The number of anilines is 5. The van der Waals surface area contributed by atoms with Gasteiger partial charge in [-0.1, -0.05) is 127 Å². The normalized spacial score (nSPS) is 13.3. The molecule has 4 heteroatoms. The van der Waals surface area contributed by atoms with Crippen LogP contribution in [0.2, 0.25) is 0 Å². The zero-order chi connectivity index (χ0) is 38.4. The summed E-state index contributed by atoms with van der Waals surface area (Å²) < 4.78 is 8.72. The predicted octanol–water partition coefficient (Wildman–Crippen LogP) is 14.9. The summed E-state index contributed by atoms with van der Waals surface area (Å²) >= 11 is 0. The van der Waals surface area contributed by atoms with E-state index in [4.69, 9.17) is 4.74 Å². The lowest BCUT2D eigenvalue weighted by atomic mass is 9.95. The monoisotopic (exact) mass is 745 g/mol. The molecular weight excluding hydrogens is 707 g/mol. The Morgan fingerprint density at radius 3 is 1.67 bits per heavy atom. The van der Waals surface area contributed by atoms with E-state index in [0.717, 1.165) is 64.0 Å². The Morgan fingerprint density at radius 1 is 0.414 bits per heavy atom. The average Bonchev–Trinajstić information content (AvgIpc) is 3.63. The standard InChI is InChI=1S/C54H39N3O/c1-3-13-38(14-4-1)40-23-27-42(28-24-40)55(43-29-25-41(26-30-43)39-15-5-2-6-16-39)46-35-36-48-47-17-7-8-18-49(47)56(52(48)37-46)44-31-33-45(34-32-44)57-50-19-9-11-21-53(50)58-54-22-12-10-20-51(54)57/h1-25,27-29,31-37H,26,30H2. The van der Waals surface area contributed by atoms with E-state index in [2.05, 4.69) is 202 Å².